The number of halogens is 5. The number of fused-ring (bicyclic) bond motifs is 1. The van der Waals surface area contributed by atoms with Gasteiger partial charge in [0.1, 0.15) is 11.4 Å². The van der Waals surface area contributed by atoms with Crippen LogP contribution in [0.5, 0.6) is 5.75 Å². The lowest BCUT2D eigenvalue weighted by Crippen LogP contribution is -2.45. The van der Waals surface area contributed by atoms with E-state index in [1.807, 2.05) is 0 Å². The Bertz CT molecular complexity index is 1120. The molecule has 0 saturated carbocycles. The van der Waals surface area contributed by atoms with Gasteiger partial charge in [0.2, 0.25) is 0 Å². The van der Waals surface area contributed by atoms with Gasteiger partial charge in [-0.15, -0.1) is 0 Å². The van der Waals surface area contributed by atoms with Crippen LogP contribution in [0, 0.1) is 6.92 Å². The second kappa shape index (κ2) is 7.91. The highest BCUT2D eigenvalue weighted by molar-refractivity contribution is 5.79. The lowest BCUT2D eigenvalue weighted by molar-refractivity contribution is -0.289. The van der Waals surface area contributed by atoms with Crippen molar-refractivity contribution in [2.45, 2.75) is 38.5 Å². The van der Waals surface area contributed by atoms with E-state index in [2.05, 4.69) is 0 Å². The standard InChI is InChI=1S/C22H23F5N2O3/c1-13-14(21(23,24)22(25,26)27)8-9-15-17(13)18(29-10-6-5-7-16(29)31)19(20(2,3)32-15)28(4)11-12-30/h5-10,30H,11-12H2,1-4H3. The summed E-state index contributed by atoms with van der Waals surface area (Å²) in [5, 5.41) is 9.44. The van der Waals surface area contributed by atoms with Crippen LogP contribution in [-0.4, -0.2) is 46.6 Å². The summed E-state index contributed by atoms with van der Waals surface area (Å²) in [5.74, 6) is -5.04. The summed E-state index contributed by atoms with van der Waals surface area (Å²) in [6, 6.07) is 6.05. The van der Waals surface area contributed by atoms with Crippen LogP contribution in [0.4, 0.5) is 22.0 Å². The van der Waals surface area contributed by atoms with Crippen molar-refractivity contribution in [2.24, 2.45) is 0 Å². The molecule has 0 saturated heterocycles. The average Bonchev–Trinajstić information content (AvgIpc) is 2.66. The first-order valence-corrected chi connectivity index (χ1v) is 9.77. The second-order valence-electron chi connectivity index (χ2n) is 8.05. The zero-order valence-corrected chi connectivity index (χ0v) is 17.9. The molecule has 174 valence electrons. The topological polar surface area (TPSA) is 54.7 Å². The van der Waals surface area contributed by atoms with Gasteiger partial charge in [-0.3, -0.25) is 9.36 Å². The molecule has 0 radical (unpaired) electrons. The smallest absolute Gasteiger partial charge is 0.458 e. The molecule has 32 heavy (non-hydrogen) atoms. The Morgan fingerprint density at radius 1 is 1.12 bits per heavy atom. The van der Waals surface area contributed by atoms with Crippen LogP contribution in [0.2, 0.25) is 0 Å². The zero-order chi connectivity index (χ0) is 24.1. The van der Waals surface area contributed by atoms with Crippen LogP contribution in [0.25, 0.3) is 5.70 Å². The minimum absolute atomic E-state index is 0.0427. The van der Waals surface area contributed by atoms with Crippen molar-refractivity contribution in [3.05, 3.63) is 69.3 Å². The van der Waals surface area contributed by atoms with E-state index < -0.39 is 28.8 Å². The fraction of sp³-hybridized carbons (Fsp3) is 0.409. The van der Waals surface area contributed by atoms with Gasteiger partial charge in [-0.1, -0.05) is 6.07 Å². The maximum atomic E-state index is 14.3. The molecule has 2 aromatic rings. The third-order valence-corrected chi connectivity index (χ3v) is 5.40. The van der Waals surface area contributed by atoms with Crippen molar-refractivity contribution in [3.63, 3.8) is 0 Å². The number of likely N-dealkylation sites (N-methyl/N-ethyl adjacent to an activating group) is 1. The van der Waals surface area contributed by atoms with E-state index in [1.165, 1.54) is 22.9 Å². The van der Waals surface area contributed by atoms with Gasteiger partial charge in [-0.25, -0.2) is 0 Å². The molecule has 1 aromatic heterocycles. The number of benzene rings is 1. The molecular weight excluding hydrogens is 435 g/mol. The predicted molar refractivity (Wildman–Crippen MR) is 109 cm³/mol. The number of hydrogen-bond donors (Lipinski definition) is 1. The molecule has 3 rings (SSSR count). The van der Waals surface area contributed by atoms with E-state index in [4.69, 9.17) is 4.74 Å². The number of pyridine rings is 1. The lowest BCUT2D eigenvalue weighted by Gasteiger charge is -2.42. The summed E-state index contributed by atoms with van der Waals surface area (Å²) < 4.78 is 75.3. The number of nitrogens with zero attached hydrogens (tertiary/aromatic N) is 2. The molecule has 0 atom stereocenters. The monoisotopic (exact) mass is 458 g/mol. The fourth-order valence-corrected chi connectivity index (χ4v) is 4.03. The number of rotatable bonds is 5. The Morgan fingerprint density at radius 3 is 2.34 bits per heavy atom. The molecule has 1 N–H and O–H groups in total. The number of aliphatic hydroxyl groups excluding tert-OH is 1. The van der Waals surface area contributed by atoms with Crippen molar-refractivity contribution in [3.8, 4) is 5.75 Å². The molecule has 10 heteroatoms. The molecule has 1 aliphatic heterocycles. The Labute approximate surface area is 181 Å². The Kier molecular flexibility index (Phi) is 5.88. The van der Waals surface area contributed by atoms with Crippen molar-refractivity contribution in [1.82, 2.24) is 9.47 Å². The number of hydrogen-bond acceptors (Lipinski definition) is 4. The van der Waals surface area contributed by atoms with Gasteiger partial charge in [-0.05, 0) is 44.5 Å². The molecule has 1 aromatic carbocycles. The van der Waals surface area contributed by atoms with Crippen LogP contribution in [0.3, 0.4) is 0 Å². The van der Waals surface area contributed by atoms with Gasteiger partial charge in [0, 0.05) is 37.0 Å². The fourth-order valence-electron chi connectivity index (χ4n) is 4.03. The highest BCUT2D eigenvalue weighted by Crippen LogP contribution is 2.50. The average molecular weight is 458 g/mol. The maximum Gasteiger partial charge on any atom is 0.458 e. The first kappa shape index (κ1) is 23.8. The molecule has 0 unspecified atom stereocenters. The first-order chi connectivity index (χ1) is 14.7. The van der Waals surface area contributed by atoms with Crippen LogP contribution in [0.1, 0.15) is 30.5 Å². The maximum absolute atomic E-state index is 14.3. The summed E-state index contributed by atoms with van der Waals surface area (Å²) in [6.45, 7) is 4.36. The summed E-state index contributed by atoms with van der Waals surface area (Å²) in [7, 11) is 1.61. The molecule has 0 fully saturated rings. The number of alkyl halides is 5. The van der Waals surface area contributed by atoms with Crippen molar-refractivity contribution < 1.29 is 31.8 Å². The Morgan fingerprint density at radius 2 is 1.78 bits per heavy atom. The van der Waals surface area contributed by atoms with Gasteiger partial charge in [0.15, 0.2) is 0 Å². The second-order valence-corrected chi connectivity index (χ2v) is 8.05. The Balaban J connectivity index is 2.47. The lowest BCUT2D eigenvalue weighted by atomic mass is 9.88. The number of aliphatic hydroxyl groups is 1. The normalized spacial score (nSPS) is 15.9. The van der Waals surface area contributed by atoms with E-state index in [9.17, 15) is 31.9 Å². The minimum Gasteiger partial charge on any atom is -0.481 e. The molecule has 0 aliphatic carbocycles. The highest BCUT2D eigenvalue weighted by atomic mass is 19.4. The van der Waals surface area contributed by atoms with E-state index in [-0.39, 0.29) is 35.7 Å². The van der Waals surface area contributed by atoms with Gasteiger partial charge in [-0.2, -0.15) is 22.0 Å². The van der Waals surface area contributed by atoms with Crippen LogP contribution < -0.4 is 10.3 Å². The minimum atomic E-state index is -5.80. The molecule has 5 nitrogen and oxygen atoms in total. The summed E-state index contributed by atoms with van der Waals surface area (Å²) in [6.07, 6.45) is -4.39. The summed E-state index contributed by atoms with van der Waals surface area (Å²) in [4.78, 5) is 14.3. The SMILES string of the molecule is Cc1c(C(F)(F)C(F)(F)F)ccc2c1C(n1ccccc1=O)=C(N(C)CCO)C(C)(C)O2. The molecule has 2 heterocycles. The van der Waals surface area contributed by atoms with Gasteiger partial charge < -0.3 is 14.7 Å². The van der Waals surface area contributed by atoms with E-state index in [0.717, 1.165) is 13.0 Å². The van der Waals surface area contributed by atoms with E-state index in [0.29, 0.717) is 11.8 Å². The summed E-state index contributed by atoms with van der Waals surface area (Å²) >= 11 is 0. The molecule has 0 bridgehead atoms. The predicted octanol–water partition coefficient (Wildman–Crippen LogP) is 4.12. The summed E-state index contributed by atoms with van der Waals surface area (Å²) in [5.41, 5.74) is -2.76. The molecule has 0 spiro atoms. The highest BCUT2D eigenvalue weighted by Gasteiger charge is 2.59. The number of aromatic nitrogens is 1. The molecule has 0 amide bonds. The van der Waals surface area contributed by atoms with Gasteiger partial charge >= 0.3 is 12.1 Å². The van der Waals surface area contributed by atoms with Crippen molar-refractivity contribution in [1.29, 1.82) is 0 Å². The third-order valence-electron chi connectivity index (χ3n) is 5.40. The molecular formula is C22H23F5N2O3. The van der Waals surface area contributed by atoms with Crippen molar-refractivity contribution in [2.75, 3.05) is 20.2 Å². The van der Waals surface area contributed by atoms with Crippen molar-refractivity contribution >= 4 is 5.70 Å². The first-order valence-electron chi connectivity index (χ1n) is 9.77. The van der Waals surface area contributed by atoms with Crippen LogP contribution in [-0.2, 0) is 5.92 Å². The van der Waals surface area contributed by atoms with Gasteiger partial charge in [0.05, 0.1) is 18.0 Å². The third kappa shape index (κ3) is 3.76. The number of ether oxygens (including phenoxy) is 1. The largest absolute Gasteiger partial charge is 0.481 e. The Hall–Kier alpha value is -2.88. The van der Waals surface area contributed by atoms with Crippen LogP contribution >= 0.6 is 0 Å². The molecule has 1 aliphatic rings. The van der Waals surface area contributed by atoms with Gasteiger partial charge in [0.25, 0.3) is 5.56 Å². The quantitative estimate of drug-likeness (QED) is 0.685. The zero-order valence-electron chi connectivity index (χ0n) is 17.9. The van der Waals surface area contributed by atoms with E-state index >= 15 is 0 Å². The van der Waals surface area contributed by atoms with E-state index in [1.54, 1.807) is 31.9 Å². The van der Waals surface area contributed by atoms with Crippen LogP contribution in [0.15, 0.2) is 47.0 Å².